The predicted molar refractivity (Wildman–Crippen MR) is 69.6 cm³/mol. The Hall–Kier alpha value is -1.15. The summed E-state index contributed by atoms with van der Waals surface area (Å²) in [5, 5.41) is 2.69. The third-order valence-electron chi connectivity index (χ3n) is 2.74. The van der Waals surface area contributed by atoms with Gasteiger partial charge < -0.3 is 10.2 Å². The van der Waals surface area contributed by atoms with Gasteiger partial charge in [0.2, 0.25) is 11.8 Å². The first-order valence-corrected chi connectivity index (χ1v) is 6.89. The minimum Gasteiger partial charge on any atom is -0.343 e. The van der Waals surface area contributed by atoms with Crippen LogP contribution >= 0.6 is 11.8 Å². The number of piperazine rings is 1. The molecule has 0 aromatic heterocycles. The highest BCUT2D eigenvalue weighted by molar-refractivity contribution is 7.99. The average molecular weight is 254 g/mol. The molecular weight excluding hydrogens is 236 g/mol. The van der Waals surface area contributed by atoms with Crippen LogP contribution in [-0.2, 0) is 9.59 Å². The van der Waals surface area contributed by atoms with Crippen LogP contribution in [0.2, 0.25) is 0 Å². The van der Waals surface area contributed by atoms with E-state index in [0.29, 0.717) is 18.7 Å². The lowest BCUT2D eigenvalue weighted by atomic mass is 10.1. The van der Waals surface area contributed by atoms with E-state index in [2.05, 4.69) is 11.2 Å². The molecule has 2 atom stereocenters. The van der Waals surface area contributed by atoms with Crippen LogP contribution in [-0.4, -0.2) is 46.8 Å². The minimum atomic E-state index is -0.414. The van der Waals surface area contributed by atoms with Gasteiger partial charge in [0, 0.05) is 12.3 Å². The van der Waals surface area contributed by atoms with Crippen LogP contribution in [0.3, 0.4) is 0 Å². The van der Waals surface area contributed by atoms with Crippen LogP contribution < -0.4 is 5.32 Å². The Kier molecular flexibility index (Phi) is 5.36. The summed E-state index contributed by atoms with van der Waals surface area (Å²) in [4.78, 5) is 25.4. The van der Waals surface area contributed by atoms with E-state index in [1.165, 1.54) is 0 Å². The second kappa shape index (κ2) is 6.55. The van der Waals surface area contributed by atoms with Crippen molar-refractivity contribution in [2.45, 2.75) is 32.4 Å². The number of hydrogen-bond donors (Lipinski definition) is 1. The number of carbonyl (C=O) groups is 2. The van der Waals surface area contributed by atoms with E-state index in [-0.39, 0.29) is 17.9 Å². The van der Waals surface area contributed by atoms with E-state index in [0.717, 1.165) is 5.75 Å². The lowest BCUT2D eigenvalue weighted by Crippen LogP contribution is -2.62. The number of nitrogens with zero attached hydrogens (tertiary/aromatic N) is 1. The molecule has 1 aliphatic heterocycles. The Morgan fingerprint density at radius 3 is 2.82 bits per heavy atom. The van der Waals surface area contributed by atoms with Crippen molar-refractivity contribution >= 4 is 23.6 Å². The molecule has 0 spiro atoms. The molecular formula is C12H18N2O2S. The third kappa shape index (κ3) is 3.40. The molecule has 1 heterocycles. The highest BCUT2D eigenvalue weighted by Crippen LogP contribution is 2.14. The Morgan fingerprint density at radius 1 is 1.53 bits per heavy atom. The maximum Gasteiger partial charge on any atom is 0.245 e. The second-order valence-electron chi connectivity index (χ2n) is 3.94. The van der Waals surface area contributed by atoms with Gasteiger partial charge in [-0.3, -0.25) is 9.59 Å². The van der Waals surface area contributed by atoms with Crippen molar-refractivity contribution < 1.29 is 9.59 Å². The van der Waals surface area contributed by atoms with E-state index in [1.54, 1.807) is 23.6 Å². The molecule has 0 aromatic carbocycles. The number of hydrogen-bond acceptors (Lipinski definition) is 3. The van der Waals surface area contributed by atoms with E-state index in [1.807, 2.05) is 6.92 Å². The highest BCUT2D eigenvalue weighted by Gasteiger charge is 2.36. The van der Waals surface area contributed by atoms with E-state index in [4.69, 9.17) is 6.42 Å². The zero-order valence-corrected chi connectivity index (χ0v) is 11.0. The summed E-state index contributed by atoms with van der Waals surface area (Å²) in [6.45, 7) is 4.21. The molecule has 1 aliphatic rings. The van der Waals surface area contributed by atoms with E-state index in [9.17, 15) is 9.59 Å². The van der Waals surface area contributed by atoms with Crippen molar-refractivity contribution in [1.29, 1.82) is 0 Å². The van der Waals surface area contributed by atoms with Gasteiger partial charge in [-0.15, -0.1) is 18.2 Å². The maximum atomic E-state index is 12.0. The quantitative estimate of drug-likeness (QED) is 0.573. The van der Waals surface area contributed by atoms with Crippen molar-refractivity contribution in [3.63, 3.8) is 0 Å². The number of terminal acetylenes is 1. The van der Waals surface area contributed by atoms with E-state index < -0.39 is 6.04 Å². The largest absolute Gasteiger partial charge is 0.343 e. The van der Waals surface area contributed by atoms with Crippen LogP contribution in [0.15, 0.2) is 0 Å². The van der Waals surface area contributed by atoms with E-state index >= 15 is 0 Å². The minimum absolute atomic E-state index is 0.00208. The lowest BCUT2D eigenvalue weighted by molar-refractivity contribution is -0.148. The predicted octanol–water partition coefficient (Wildman–Crippen LogP) is 0.478. The molecule has 0 bridgehead atoms. The first-order valence-electron chi connectivity index (χ1n) is 5.73. The van der Waals surface area contributed by atoms with Gasteiger partial charge in [-0.2, -0.15) is 0 Å². The van der Waals surface area contributed by atoms with Crippen molar-refractivity contribution in [3.8, 4) is 12.3 Å². The van der Waals surface area contributed by atoms with Crippen molar-refractivity contribution in [2.75, 3.05) is 18.1 Å². The second-order valence-corrected chi connectivity index (χ2v) is 5.05. The van der Waals surface area contributed by atoms with Gasteiger partial charge in [0.15, 0.2) is 0 Å². The molecule has 2 unspecified atom stereocenters. The van der Waals surface area contributed by atoms with Crippen molar-refractivity contribution in [2.24, 2.45) is 0 Å². The average Bonchev–Trinajstić information content (AvgIpc) is 2.30. The Labute approximate surface area is 107 Å². The first kappa shape index (κ1) is 13.9. The molecule has 0 saturated carbocycles. The fourth-order valence-corrected chi connectivity index (χ4v) is 2.47. The van der Waals surface area contributed by atoms with Gasteiger partial charge in [0.1, 0.15) is 12.1 Å². The monoisotopic (exact) mass is 254 g/mol. The molecule has 0 radical (unpaired) electrons. The molecule has 5 heteroatoms. The fraction of sp³-hybridized carbons (Fsp3) is 0.667. The summed E-state index contributed by atoms with van der Waals surface area (Å²) in [5.74, 6) is 3.89. The topological polar surface area (TPSA) is 49.4 Å². The van der Waals surface area contributed by atoms with Crippen LogP contribution in [0.1, 0.15) is 20.3 Å². The van der Waals surface area contributed by atoms with Gasteiger partial charge in [-0.05, 0) is 13.3 Å². The summed E-state index contributed by atoms with van der Waals surface area (Å²) in [6, 6.07) is -0.743. The third-order valence-corrected chi connectivity index (χ3v) is 3.58. The van der Waals surface area contributed by atoms with Crippen LogP contribution in [0, 0.1) is 12.3 Å². The molecule has 1 rings (SSSR count). The molecule has 1 saturated heterocycles. The molecule has 0 aliphatic carbocycles. The van der Waals surface area contributed by atoms with Gasteiger partial charge in [0.05, 0.1) is 5.75 Å². The Morgan fingerprint density at radius 2 is 2.24 bits per heavy atom. The van der Waals surface area contributed by atoms with Crippen molar-refractivity contribution in [1.82, 2.24) is 10.2 Å². The van der Waals surface area contributed by atoms with Gasteiger partial charge in [-0.25, -0.2) is 0 Å². The van der Waals surface area contributed by atoms with Gasteiger partial charge in [0.25, 0.3) is 0 Å². The summed E-state index contributed by atoms with van der Waals surface area (Å²) in [7, 11) is 0. The highest BCUT2D eigenvalue weighted by atomic mass is 32.2. The molecule has 4 nitrogen and oxygen atoms in total. The maximum absolute atomic E-state index is 12.0. The van der Waals surface area contributed by atoms with Gasteiger partial charge >= 0.3 is 0 Å². The van der Waals surface area contributed by atoms with Gasteiger partial charge in [-0.1, -0.05) is 12.8 Å². The SMILES string of the molecule is C#CCSCCN1C(=O)C(C)NC(=O)C1CC. The first-order chi connectivity index (χ1) is 8.11. The Balaban J connectivity index is 2.60. The molecule has 0 aromatic rings. The zero-order chi connectivity index (χ0) is 12.8. The number of carbonyl (C=O) groups excluding carboxylic acids is 2. The summed E-state index contributed by atoms with van der Waals surface area (Å²) in [5.41, 5.74) is 0. The molecule has 17 heavy (non-hydrogen) atoms. The number of amides is 2. The Bertz CT molecular complexity index is 338. The smallest absolute Gasteiger partial charge is 0.245 e. The lowest BCUT2D eigenvalue weighted by Gasteiger charge is -2.37. The number of thioether (sulfide) groups is 1. The standard InChI is InChI=1S/C12H18N2O2S/c1-4-7-17-8-6-14-10(5-2)11(15)13-9(3)12(14)16/h1,9-10H,5-8H2,2-3H3,(H,13,15). The number of rotatable bonds is 5. The molecule has 1 N–H and O–H groups in total. The van der Waals surface area contributed by atoms with Crippen LogP contribution in [0.25, 0.3) is 0 Å². The number of nitrogens with one attached hydrogen (secondary N) is 1. The van der Waals surface area contributed by atoms with Crippen LogP contribution in [0.5, 0.6) is 0 Å². The normalized spacial score (nSPS) is 24.4. The van der Waals surface area contributed by atoms with Crippen molar-refractivity contribution in [3.05, 3.63) is 0 Å². The summed E-state index contributed by atoms with van der Waals surface area (Å²) >= 11 is 1.60. The zero-order valence-electron chi connectivity index (χ0n) is 10.2. The fourth-order valence-electron chi connectivity index (χ4n) is 1.88. The summed E-state index contributed by atoms with van der Waals surface area (Å²) in [6.07, 6.45) is 5.80. The molecule has 2 amide bonds. The van der Waals surface area contributed by atoms with Crippen LogP contribution in [0.4, 0.5) is 0 Å². The summed E-state index contributed by atoms with van der Waals surface area (Å²) < 4.78 is 0. The molecule has 1 fully saturated rings. The molecule has 94 valence electrons.